The Morgan fingerprint density at radius 3 is 2.64 bits per heavy atom. The van der Waals surface area contributed by atoms with E-state index in [0.717, 1.165) is 29.1 Å². The van der Waals surface area contributed by atoms with Crippen LogP contribution in [0.2, 0.25) is 0 Å². The van der Waals surface area contributed by atoms with Crippen LogP contribution < -0.4 is 20.1 Å². The highest BCUT2D eigenvalue weighted by atomic mass is 16.5. The van der Waals surface area contributed by atoms with Crippen molar-refractivity contribution in [3.63, 3.8) is 0 Å². The lowest BCUT2D eigenvalue weighted by atomic mass is 10.1. The number of pyridine rings is 1. The van der Waals surface area contributed by atoms with Gasteiger partial charge in [-0.05, 0) is 26.3 Å². The highest BCUT2D eigenvalue weighted by Gasteiger charge is 2.25. The third-order valence-corrected chi connectivity index (χ3v) is 5.67. The maximum Gasteiger partial charge on any atom is 0.237 e. The minimum Gasteiger partial charge on any atom is -0.474 e. The van der Waals surface area contributed by atoms with E-state index in [0.29, 0.717) is 64.1 Å². The fourth-order valence-corrected chi connectivity index (χ4v) is 3.91. The van der Waals surface area contributed by atoms with Crippen LogP contribution in [0.15, 0.2) is 18.3 Å². The molecule has 10 nitrogen and oxygen atoms in total. The van der Waals surface area contributed by atoms with E-state index in [-0.39, 0.29) is 18.1 Å². The summed E-state index contributed by atoms with van der Waals surface area (Å²) in [6.45, 7) is 7.65. The summed E-state index contributed by atoms with van der Waals surface area (Å²) in [7, 11) is 0. The van der Waals surface area contributed by atoms with Crippen LogP contribution in [0, 0.1) is 13.8 Å². The number of rotatable bonds is 11. The van der Waals surface area contributed by atoms with Crippen molar-refractivity contribution in [1.82, 2.24) is 30.5 Å². The predicted molar refractivity (Wildman–Crippen MR) is 121 cm³/mol. The molecule has 0 aliphatic carbocycles. The number of aryl methyl sites for hydroxylation is 2. The van der Waals surface area contributed by atoms with Crippen molar-refractivity contribution in [1.29, 1.82) is 0 Å². The summed E-state index contributed by atoms with van der Waals surface area (Å²) in [5.74, 6) is 1.18. The van der Waals surface area contributed by atoms with Gasteiger partial charge >= 0.3 is 0 Å². The third kappa shape index (κ3) is 6.59. The van der Waals surface area contributed by atoms with Gasteiger partial charge in [-0.2, -0.15) is 0 Å². The molecule has 10 heteroatoms. The van der Waals surface area contributed by atoms with Gasteiger partial charge in [0.2, 0.25) is 17.7 Å². The molecule has 2 fully saturated rings. The second kappa shape index (κ2) is 10.9. The van der Waals surface area contributed by atoms with Gasteiger partial charge < -0.3 is 25.2 Å². The van der Waals surface area contributed by atoms with Crippen molar-refractivity contribution in [2.45, 2.75) is 51.9 Å². The molecule has 2 aliphatic rings. The first-order chi connectivity index (χ1) is 16.0. The van der Waals surface area contributed by atoms with Gasteiger partial charge in [0, 0.05) is 62.6 Å². The number of hydrogen-bond donors (Lipinski definition) is 3. The topological polar surface area (TPSA) is 122 Å². The molecular formula is C23H32N6O4. The van der Waals surface area contributed by atoms with Crippen LogP contribution in [0.3, 0.4) is 0 Å². The average molecular weight is 457 g/mol. The quantitative estimate of drug-likeness (QED) is 0.415. The highest BCUT2D eigenvalue weighted by molar-refractivity contribution is 5.78. The van der Waals surface area contributed by atoms with Crippen LogP contribution in [0.1, 0.15) is 35.5 Å². The van der Waals surface area contributed by atoms with Gasteiger partial charge in [-0.3, -0.25) is 14.7 Å². The molecule has 1 amide bonds. The number of nitrogens with zero attached hydrogens (tertiary/aromatic N) is 4. The Balaban J connectivity index is 1.27. The largest absolute Gasteiger partial charge is 0.474 e. The van der Waals surface area contributed by atoms with Gasteiger partial charge in [0.15, 0.2) is 0 Å². The number of aliphatic hydroxyl groups is 1. The van der Waals surface area contributed by atoms with Gasteiger partial charge in [0.1, 0.15) is 18.9 Å². The predicted octanol–water partition coefficient (Wildman–Crippen LogP) is 0.491. The molecule has 2 aromatic rings. The molecule has 1 unspecified atom stereocenters. The van der Waals surface area contributed by atoms with Crippen molar-refractivity contribution in [2.24, 2.45) is 0 Å². The summed E-state index contributed by atoms with van der Waals surface area (Å²) in [5, 5.41) is 15.8. The Labute approximate surface area is 193 Å². The number of carbonyl (C=O) groups excluding carboxylic acids is 1. The Hall–Kier alpha value is -2.82. The fourth-order valence-electron chi connectivity index (χ4n) is 3.91. The number of hydrogen-bond acceptors (Lipinski definition) is 9. The maximum absolute atomic E-state index is 11.3. The van der Waals surface area contributed by atoms with Crippen LogP contribution >= 0.6 is 0 Å². The standard InChI is InChI=1S/C23H32N6O4/c1-15-3-4-17(12-29-13-19(30)14-29)22(26-15)32-7-8-33-23-20(25-9-16(2)27-23)11-24-10-18-5-6-21(31)28-18/h3-4,9,18-19,24,30H,5-8,10-14H2,1-2H3,(H,28,31). The van der Waals surface area contributed by atoms with E-state index in [1.807, 2.05) is 26.0 Å². The van der Waals surface area contributed by atoms with Crippen LogP contribution in [0.5, 0.6) is 11.8 Å². The smallest absolute Gasteiger partial charge is 0.237 e. The summed E-state index contributed by atoms with van der Waals surface area (Å²) in [6.07, 6.45) is 2.91. The lowest BCUT2D eigenvalue weighted by Gasteiger charge is -2.35. The molecule has 4 heterocycles. The summed E-state index contributed by atoms with van der Waals surface area (Å²) in [6, 6.07) is 4.14. The number of aromatic nitrogens is 3. The third-order valence-electron chi connectivity index (χ3n) is 5.67. The highest BCUT2D eigenvalue weighted by Crippen LogP contribution is 2.21. The molecule has 178 valence electrons. The van der Waals surface area contributed by atoms with Crippen molar-refractivity contribution in [2.75, 3.05) is 32.8 Å². The number of likely N-dealkylation sites (tertiary alicyclic amines) is 1. The van der Waals surface area contributed by atoms with Gasteiger partial charge in [-0.25, -0.2) is 9.97 Å². The van der Waals surface area contributed by atoms with E-state index < -0.39 is 0 Å². The average Bonchev–Trinajstić information content (AvgIpc) is 3.18. The van der Waals surface area contributed by atoms with Crippen molar-refractivity contribution in [3.8, 4) is 11.8 Å². The molecule has 0 saturated carbocycles. The zero-order valence-electron chi connectivity index (χ0n) is 19.2. The number of aliphatic hydroxyl groups excluding tert-OH is 1. The summed E-state index contributed by atoms with van der Waals surface area (Å²) in [5.41, 5.74) is 3.37. The molecule has 3 N–H and O–H groups in total. The zero-order valence-corrected chi connectivity index (χ0v) is 19.2. The molecular weight excluding hydrogens is 424 g/mol. The molecule has 0 spiro atoms. The number of nitrogens with one attached hydrogen (secondary N) is 2. The second-order valence-corrected chi connectivity index (χ2v) is 8.66. The Bertz CT molecular complexity index is 966. The number of ether oxygens (including phenoxy) is 2. The Kier molecular flexibility index (Phi) is 7.69. The summed E-state index contributed by atoms with van der Waals surface area (Å²) >= 11 is 0. The summed E-state index contributed by atoms with van der Waals surface area (Å²) < 4.78 is 11.8. The minimum absolute atomic E-state index is 0.106. The van der Waals surface area contributed by atoms with Gasteiger partial charge in [-0.15, -0.1) is 0 Å². The maximum atomic E-state index is 11.3. The Morgan fingerprint density at radius 2 is 1.91 bits per heavy atom. The molecule has 1 atom stereocenters. The zero-order chi connectivity index (χ0) is 23.2. The lowest BCUT2D eigenvalue weighted by molar-refractivity contribution is -0.119. The number of carbonyl (C=O) groups is 1. The fraction of sp³-hybridized carbons (Fsp3) is 0.565. The number of β-amino-alcohol motifs (C(OH)–C–C–N with tert-alkyl or cyclic N) is 1. The Morgan fingerprint density at radius 1 is 1.15 bits per heavy atom. The number of amides is 1. The lowest BCUT2D eigenvalue weighted by Crippen LogP contribution is -2.49. The first-order valence-electron chi connectivity index (χ1n) is 11.4. The molecule has 4 rings (SSSR count). The minimum atomic E-state index is -0.239. The first-order valence-corrected chi connectivity index (χ1v) is 11.4. The van der Waals surface area contributed by atoms with Crippen molar-refractivity contribution in [3.05, 3.63) is 41.0 Å². The molecule has 2 aromatic heterocycles. The van der Waals surface area contributed by atoms with E-state index in [1.54, 1.807) is 6.20 Å². The van der Waals surface area contributed by atoms with Crippen molar-refractivity contribution >= 4 is 5.91 Å². The summed E-state index contributed by atoms with van der Waals surface area (Å²) in [4.78, 5) is 27.0. The normalized spacial score (nSPS) is 18.8. The van der Waals surface area contributed by atoms with E-state index in [2.05, 4.69) is 30.5 Å². The van der Waals surface area contributed by atoms with E-state index in [4.69, 9.17) is 9.47 Å². The molecule has 33 heavy (non-hydrogen) atoms. The van der Waals surface area contributed by atoms with Crippen molar-refractivity contribution < 1.29 is 19.4 Å². The van der Waals surface area contributed by atoms with Gasteiger partial charge in [0.05, 0.1) is 11.8 Å². The first kappa shape index (κ1) is 23.3. The monoisotopic (exact) mass is 456 g/mol. The van der Waals surface area contributed by atoms with Crippen LogP contribution in [-0.4, -0.2) is 75.9 Å². The van der Waals surface area contributed by atoms with Gasteiger partial charge in [-0.1, -0.05) is 6.07 Å². The molecule has 2 saturated heterocycles. The van der Waals surface area contributed by atoms with E-state index in [1.165, 1.54) is 0 Å². The molecule has 0 aromatic carbocycles. The second-order valence-electron chi connectivity index (χ2n) is 8.66. The van der Waals surface area contributed by atoms with E-state index >= 15 is 0 Å². The SMILES string of the molecule is Cc1ccc(CN2CC(O)C2)c(OCCOc2nc(C)cnc2CNCC2CCC(=O)N2)n1. The molecule has 0 radical (unpaired) electrons. The van der Waals surface area contributed by atoms with Gasteiger partial charge in [0.25, 0.3) is 0 Å². The van der Waals surface area contributed by atoms with Crippen LogP contribution in [0.25, 0.3) is 0 Å². The van der Waals surface area contributed by atoms with E-state index in [9.17, 15) is 9.90 Å². The van der Waals surface area contributed by atoms with Crippen LogP contribution in [0.4, 0.5) is 0 Å². The molecule has 2 aliphatic heterocycles. The molecule has 0 bridgehead atoms. The van der Waals surface area contributed by atoms with Crippen LogP contribution in [-0.2, 0) is 17.9 Å².